The molecule has 0 heterocycles. The van der Waals surface area contributed by atoms with Gasteiger partial charge in [-0.2, -0.15) is 0 Å². The number of anilines is 1. The van der Waals surface area contributed by atoms with Crippen molar-refractivity contribution in [1.29, 1.82) is 0 Å². The Labute approximate surface area is 206 Å². The number of amides is 2. The predicted octanol–water partition coefficient (Wildman–Crippen LogP) is 4.70. The summed E-state index contributed by atoms with van der Waals surface area (Å²) in [5.74, 6) is 1.31. The van der Waals surface area contributed by atoms with Crippen LogP contribution in [0, 0.1) is 13.8 Å². The number of benzene rings is 3. The summed E-state index contributed by atoms with van der Waals surface area (Å²) in [6, 6.07) is 18.4. The summed E-state index contributed by atoms with van der Waals surface area (Å²) < 4.78 is 16.4. The van der Waals surface area contributed by atoms with E-state index >= 15 is 0 Å². The normalized spacial score (nSPS) is 11.3. The van der Waals surface area contributed by atoms with E-state index in [1.807, 2.05) is 50.2 Å². The molecule has 7 nitrogen and oxygen atoms in total. The molecule has 0 bridgehead atoms. The number of hydrogen-bond acceptors (Lipinski definition) is 5. The Balaban J connectivity index is 1.60. The Morgan fingerprint density at radius 2 is 1.57 bits per heavy atom. The molecule has 3 rings (SSSR count). The Morgan fingerprint density at radius 3 is 2.26 bits per heavy atom. The van der Waals surface area contributed by atoms with Crippen LogP contribution in [-0.4, -0.2) is 38.7 Å². The van der Waals surface area contributed by atoms with Gasteiger partial charge in [0.1, 0.15) is 5.75 Å². The largest absolute Gasteiger partial charge is 0.493 e. The Hall–Kier alpha value is -4.00. The van der Waals surface area contributed by atoms with Gasteiger partial charge in [0.15, 0.2) is 17.6 Å². The first kappa shape index (κ1) is 25.6. The molecule has 0 radical (unpaired) electrons. The van der Waals surface area contributed by atoms with Gasteiger partial charge in [-0.3, -0.25) is 9.59 Å². The summed E-state index contributed by atoms with van der Waals surface area (Å²) in [5, 5.41) is 5.74. The van der Waals surface area contributed by atoms with Gasteiger partial charge in [-0.25, -0.2) is 0 Å². The van der Waals surface area contributed by atoms with E-state index in [-0.39, 0.29) is 11.8 Å². The standard InChI is InChI=1S/C28H32N2O5/c1-18-14-19(2)16-22(15-18)35-20(3)27(31)30-24-9-7-6-8-23(24)28(32)29-13-12-21-10-11-25(33-4)26(17-21)34-5/h6-11,14-17,20H,12-13H2,1-5H3,(H,29,32)(H,30,31)/t20-/m1/s1. The highest BCUT2D eigenvalue weighted by Crippen LogP contribution is 2.27. The van der Waals surface area contributed by atoms with Crippen LogP contribution in [0.4, 0.5) is 5.69 Å². The molecule has 0 aliphatic rings. The van der Waals surface area contributed by atoms with Gasteiger partial charge >= 0.3 is 0 Å². The van der Waals surface area contributed by atoms with E-state index in [4.69, 9.17) is 14.2 Å². The molecule has 35 heavy (non-hydrogen) atoms. The van der Waals surface area contributed by atoms with Crippen LogP contribution in [0.5, 0.6) is 17.2 Å². The summed E-state index contributed by atoms with van der Waals surface area (Å²) in [4.78, 5) is 25.6. The third kappa shape index (κ3) is 6.99. The quantitative estimate of drug-likeness (QED) is 0.443. The second kappa shape index (κ2) is 11.9. The molecule has 0 spiro atoms. The lowest BCUT2D eigenvalue weighted by molar-refractivity contribution is -0.122. The highest BCUT2D eigenvalue weighted by Gasteiger charge is 2.19. The maximum absolute atomic E-state index is 12.9. The zero-order chi connectivity index (χ0) is 25.4. The average Bonchev–Trinajstić information content (AvgIpc) is 2.83. The molecular formula is C28H32N2O5. The maximum Gasteiger partial charge on any atom is 0.265 e. The minimum absolute atomic E-state index is 0.274. The first-order chi connectivity index (χ1) is 16.8. The number of nitrogens with one attached hydrogen (secondary N) is 2. The van der Waals surface area contributed by atoms with Gasteiger partial charge in [0.25, 0.3) is 11.8 Å². The van der Waals surface area contributed by atoms with Crippen molar-refractivity contribution in [1.82, 2.24) is 5.32 Å². The van der Waals surface area contributed by atoms with E-state index in [0.29, 0.717) is 41.5 Å². The fourth-order valence-corrected chi connectivity index (χ4v) is 3.73. The van der Waals surface area contributed by atoms with Crippen LogP contribution in [0.1, 0.15) is 34.0 Å². The van der Waals surface area contributed by atoms with Gasteiger partial charge in [0.2, 0.25) is 0 Å². The molecule has 0 aromatic heterocycles. The number of para-hydroxylation sites is 1. The van der Waals surface area contributed by atoms with Crippen LogP contribution < -0.4 is 24.8 Å². The Kier molecular flexibility index (Phi) is 8.73. The summed E-state index contributed by atoms with van der Waals surface area (Å²) in [6.07, 6.45) is -0.126. The van der Waals surface area contributed by atoms with Crippen molar-refractivity contribution >= 4 is 17.5 Å². The molecule has 2 amide bonds. The van der Waals surface area contributed by atoms with Crippen LogP contribution >= 0.6 is 0 Å². The summed E-state index contributed by atoms with van der Waals surface area (Å²) in [5.41, 5.74) is 3.93. The number of rotatable bonds is 10. The first-order valence-corrected chi connectivity index (χ1v) is 11.4. The van der Waals surface area contributed by atoms with Crippen molar-refractivity contribution < 1.29 is 23.8 Å². The fourth-order valence-electron chi connectivity index (χ4n) is 3.73. The lowest BCUT2D eigenvalue weighted by Gasteiger charge is -2.17. The monoisotopic (exact) mass is 476 g/mol. The highest BCUT2D eigenvalue weighted by atomic mass is 16.5. The molecule has 0 unspecified atom stereocenters. The van der Waals surface area contributed by atoms with Crippen LogP contribution in [0.3, 0.4) is 0 Å². The van der Waals surface area contributed by atoms with Crippen LogP contribution in [-0.2, 0) is 11.2 Å². The molecule has 1 atom stereocenters. The molecule has 0 aliphatic heterocycles. The number of hydrogen-bond donors (Lipinski definition) is 2. The van der Waals surface area contributed by atoms with Gasteiger partial charge in [-0.05, 0) is 80.3 Å². The summed E-state index contributed by atoms with van der Waals surface area (Å²) in [6.45, 7) is 6.05. The van der Waals surface area contributed by atoms with Gasteiger partial charge in [-0.1, -0.05) is 24.3 Å². The van der Waals surface area contributed by atoms with E-state index in [0.717, 1.165) is 16.7 Å². The lowest BCUT2D eigenvalue weighted by atomic mass is 10.1. The third-order valence-corrected chi connectivity index (χ3v) is 5.45. The molecule has 184 valence electrons. The van der Waals surface area contributed by atoms with E-state index < -0.39 is 6.10 Å². The van der Waals surface area contributed by atoms with E-state index in [9.17, 15) is 9.59 Å². The minimum Gasteiger partial charge on any atom is -0.493 e. The maximum atomic E-state index is 12.9. The molecule has 3 aromatic carbocycles. The lowest BCUT2D eigenvalue weighted by Crippen LogP contribution is -2.32. The van der Waals surface area contributed by atoms with E-state index in [2.05, 4.69) is 10.6 Å². The Morgan fingerprint density at radius 1 is 0.886 bits per heavy atom. The van der Waals surface area contributed by atoms with Crippen molar-refractivity contribution in [3.8, 4) is 17.2 Å². The van der Waals surface area contributed by atoms with Crippen molar-refractivity contribution in [3.63, 3.8) is 0 Å². The smallest absolute Gasteiger partial charge is 0.265 e. The molecule has 2 N–H and O–H groups in total. The highest BCUT2D eigenvalue weighted by molar-refractivity contribution is 6.04. The fraction of sp³-hybridized carbons (Fsp3) is 0.286. The molecule has 0 saturated carbocycles. The molecule has 3 aromatic rings. The van der Waals surface area contributed by atoms with Crippen molar-refractivity contribution in [2.45, 2.75) is 33.3 Å². The topological polar surface area (TPSA) is 85.9 Å². The zero-order valence-corrected chi connectivity index (χ0v) is 20.8. The van der Waals surface area contributed by atoms with Crippen LogP contribution in [0.25, 0.3) is 0 Å². The second-order valence-electron chi connectivity index (χ2n) is 8.31. The van der Waals surface area contributed by atoms with E-state index in [1.165, 1.54) is 0 Å². The van der Waals surface area contributed by atoms with E-state index in [1.54, 1.807) is 45.4 Å². The number of carbonyl (C=O) groups excluding carboxylic acids is 2. The predicted molar refractivity (Wildman–Crippen MR) is 137 cm³/mol. The van der Waals surface area contributed by atoms with Gasteiger partial charge in [0, 0.05) is 6.54 Å². The minimum atomic E-state index is -0.739. The van der Waals surface area contributed by atoms with Gasteiger partial charge in [0.05, 0.1) is 25.5 Å². The number of aryl methyl sites for hydroxylation is 2. The number of methoxy groups -OCH3 is 2. The average molecular weight is 477 g/mol. The van der Waals surface area contributed by atoms with Crippen molar-refractivity contribution in [2.75, 3.05) is 26.1 Å². The first-order valence-electron chi connectivity index (χ1n) is 11.4. The third-order valence-electron chi connectivity index (χ3n) is 5.45. The van der Waals surface area contributed by atoms with Gasteiger partial charge < -0.3 is 24.8 Å². The van der Waals surface area contributed by atoms with Crippen LogP contribution in [0.15, 0.2) is 60.7 Å². The molecule has 0 aliphatic carbocycles. The van der Waals surface area contributed by atoms with Gasteiger partial charge in [-0.15, -0.1) is 0 Å². The summed E-state index contributed by atoms with van der Waals surface area (Å²) >= 11 is 0. The summed E-state index contributed by atoms with van der Waals surface area (Å²) in [7, 11) is 3.17. The SMILES string of the molecule is COc1ccc(CCNC(=O)c2ccccc2NC(=O)[C@@H](C)Oc2cc(C)cc(C)c2)cc1OC. The second-order valence-corrected chi connectivity index (χ2v) is 8.31. The van der Waals surface area contributed by atoms with Crippen molar-refractivity contribution in [2.24, 2.45) is 0 Å². The molecular weight excluding hydrogens is 444 g/mol. The molecule has 7 heteroatoms. The Bertz CT molecular complexity index is 1170. The van der Waals surface area contributed by atoms with Crippen molar-refractivity contribution in [3.05, 3.63) is 82.9 Å². The number of ether oxygens (including phenoxy) is 3. The zero-order valence-electron chi connectivity index (χ0n) is 20.8. The number of carbonyl (C=O) groups is 2. The van der Waals surface area contributed by atoms with Crippen LogP contribution in [0.2, 0.25) is 0 Å². The molecule has 0 saturated heterocycles. The molecule has 0 fully saturated rings.